The summed E-state index contributed by atoms with van der Waals surface area (Å²) in [6.07, 6.45) is 1.02. The second kappa shape index (κ2) is 6.89. The predicted molar refractivity (Wildman–Crippen MR) is 88.2 cm³/mol. The Morgan fingerprint density at radius 2 is 1.84 bits per heavy atom. The maximum atomic E-state index is 5.97. The van der Waals surface area contributed by atoms with Gasteiger partial charge in [-0.25, -0.2) is 0 Å². The van der Waals surface area contributed by atoms with E-state index >= 15 is 0 Å². The van der Waals surface area contributed by atoms with E-state index in [4.69, 9.17) is 11.6 Å². The average molecular weight is 359 g/mol. The average Bonchev–Trinajstić information content (AvgIpc) is 2.79. The molecule has 0 spiro atoms. The number of hydrogen-bond acceptors (Lipinski definition) is 2. The number of halogens is 2. The maximum Gasteiger partial charge on any atom is 0.0931 e. The number of rotatable bonds is 5. The summed E-state index contributed by atoms with van der Waals surface area (Å²) in [6, 6.07) is 13.3. The Balaban J connectivity index is 1.90. The molecule has 1 nitrogen and oxygen atoms in total. The first kappa shape index (κ1) is 15.0. The minimum Gasteiger partial charge on any atom is -0.307 e. The van der Waals surface area contributed by atoms with E-state index in [1.54, 1.807) is 11.3 Å². The first-order valence-electron chi connectivity index (χ1n) is 6.30. The van der Waals surface area contributed by atoms with E-state index in [0.29, 0.717) is 12.1 Å². The summed E-state index contributed by atoms with van der Waals surface area (Å²) in [5.74, 6) is 0. The molecular weight excluding hydrogens is 342 g/mol. The van der Waals surface area contributed by atoms with Gasteiger partial charge in [0.25, 0.3) is 0 Å². The lowest BCUT2D eigenvalue weighted by Gasteiger charge is -2.19. The third kappa shape index (κ3) is 4.60. The second-order valence-corrected chi connectivity index (χ2v) is 7.42. The van der Waals surface area contributed by atoms with Crippen LogP contribution < -0.4 is 5.32 Å². The van der Waals surface area contributed by atoms with Crippen molar-refractivity contribution in [1.29, 1.82) is 0 Å². The van der Waals surface area contributed by atoms with Gasteiger partial charge in [-0.3, -0.25) is 0 Å². The highest BCUT2D eigenvalue weighted by atomic mass is 79.9. The summed E-state index contributed by atoms with van der Waals surface area (Å²) in [4.78, 5) is 1.28. The van der Waals surface area contributed by atoms with Gasteiger partial charge in [-0.2, -0.15) is 0 Å². The fourth-order valence-electron chi connectivity index (χ4n) is 2.10. The van der Waals surface area contributed by atoms with Crippen molar-refractivity contribution in [2.45, 2.75) is 32.4 Å². The summed E-state index contributed by atoms with van der Waals surface area (Å²) >= 11 is 11.1. The zero-order valence-electron chi connectivity index (χ0n) is 11.0. The standard InChI is InChI=1S/C15H17BrClNS/c1-10(9-12-3-5-13(16)6-4-12)18-11(2)14-7-8-15(17)19-14/h3-8,10-11,18H,9H2,1-2H3. The lowest BCUT2D eigenvalue weighted by Crippen LogP contribution is -2.30. The van der Waals surface area contributed by atoms with Crippen LogP contribution in [0.25, 0.3) is 0 Å². The van der Waals surface area contributed by atoms with Crippen LogP contribution in [0.1, 0.15) is 30.3 Å². The van der Waals surface area contributed by atoms with Crippen LogP contribution in [-0.2, 0) is 6.42 Å². The zero-order valence-corrected chi connectivity index (χ0v) is 14.1. The summed E-state index contributed by atoms with van der Waals surface area (Å²) in [5, 5.41) is 3.61. The zero-order chi connectivity index (χ0) is 13.8. The molecule has 0 saturated heterocycles. The highest BCUT2D eigenvalue weighted by Gasteiger charge is 2.11. The van der Waals surface area contributed by atoms with Crippen molar-refractivity contribution in [2.75, 3.05) is 0 Å². The molecule has 2 atom stereocenters. The van der Waals surface area contributed by atoms with Crippen molar-refractivity contribution in [3.63, 3.8) is 0 Å². The van der Waals surface area contributed by atoms with E-state index in [1.165, 1.54) is 10.4 Å². The first-order chi connectivity index (χ1) is 9.04. The van der Waals surface area contributed by atoms with Crippen LogP contribution in [0, 0.1) is 0 Å². The molecule has 1 aromatic carbocycles. The molecule has 0 amide bonds. The minimum atomic E-state index is 0.336. The minimum absolute atomic E-state index is 0.336. The second-order valence-electron chi connectivity index (χ2n) is 4.76. The van der Waals surface area contributed by atoms with Crippen LogP contribution in [0.15, 0.2) is 40.9 Å². The number of hydrogen-bond donors (Lipinski definition) is 1. The van der Waals surface area contributed by atoms with Gasteiger partial charge in [-0.05, 0) is 50.1 Å². The van der Waals surface area contributed by atoms with Crippen LogP contribution in [0.3, 0.4) is 0 Å². The Morgan fingerprint density at radius 3 is 2.42 bits per heavy atom. The first-order valence-corrected chi connectivity index (χ1v) is 8.29. The molecule has 1 N–H and O–H groups in total. The lowest BCUT2D eigenvalue weighted by atomic mass is 10.1. The Morgan fingerprint density at radius 1 is 1.16 bits per heavy atom. The molecule has 0 fully saturated rings. The third-order valence-corrected chi connectivity index (χ3v) is 4.95. The van der Waals surface area contributed by atoms with Crippen molar-refractivity contribution in [3.05, 3.63) is 55.6 Å². The molecule has 0 bridgehead atoms. The van der Waals surface area contributed by atoms with Crippen molar-refractivity contribution in [1.82, 2.24) is 5.32 Å². The lowest BCUT2D eigenvalue weighted by molar-refractivity contribution is 0.482. The van der Waals surface area contributed by atoms with Gasteiger partial charge in [0.1, 0.15) is 0 Å². The molecule has 102 valence electrons. The van der Waals surface area contributed by atoms with E-state index in [0.717, 1.165) is 15.2 Å². The molecule has 0 radical (unpaired) electrons. The fraction of sp³-hybridized carbons (Fsp3) is 0.333. The van der Waals surface area contributed by atoms with Crippen LogP contribution in [-0.4, -0.2) is 6.04 Å². The topological polar surface area (TPSA) is 12.0 Å². The van der Waals surface area contributed by atoms with Gasteiger partial charge in [0, 0.05) is 21.4 Å². The molecule has 2 rings (SSSR count). The van der Waals surface area contributed by atoms with Gasteiger partial charge in [0.15, 0.2) is 0 Å². The Labute approximate surface area is 132 Å². The molecule has 2 unspecified atom stereocenters. The van der Waals surface area contributed by atoms with Gasteiger partial charge in [-0.15, -0.1) is 11.3 Å². The molecule has 0 aliphatic heterocycles. The SMILES string of the molecule is CC(Cc1ccc(Br)cc1)NC(C)c1ccc(Cl)s1. The monoisotopic (exact) mass is 357 g/mol. The molecular formula is C15H17BrClNS. The van der Waals surface area contributed by atoms with Crippen LogP contribution in [0.4, 0.5) is 0 Å². The highest BCUT2D eigenvalue weighted by Crippen LogP contribution is 2.27. The van der Waals surface area contributed by atoms with E-state index < -0.39 is 0 Å². The molecule has 4 heteroatoms. The van der Waals surface area contributed by atoms with Crippen molar-refractivity contribution in [3.8, 4) is 0 Å². The summed E-state index contributed by atoms with van der Waals surface area (Å²) in [7, 11) is 0. The predicted octanol–water partition coefficient (Wildman–Crippen LogP) is 5.45. The number of benzene rings is 1. The smallest absolute Gasteiger partial charge is 0.0931 e. The van der Waals surface area contributed by atoms with Crippen molar-refractivity contribution < 1.29 is 0 Å². The molecule has 0 aliphatic rings. The molecule has 1 heterocycles. The highest BCUT2D eigenvalue weighted by molar-refractivity contribution is 9.10. The Kier molecular flexibility index (Phi) is 5.46. The van der Waals surface area contributed by atoms with E-state index in [2.05, 4.69) is 65.4 Å². The van der Waals surface area contributed by atoms with Gasteiger partial charge < -0.3 is 5.32 Å². The van der Waals surface area contributed by atoms with Gasteiger partial charge in [0.05, 0.1) is 4.34 Å². The van der Waals surface area contributed by atoms with E-state index in [1.807, 2.05) is 6.07 Å². The van der Waals surface area contributed by atoms with Crippen molar-refractivity contribution in [2.24, 2.45) is 0 Å². The largest absolute Gasteiger partial charge is 0.307 e. The third-order valence-electron chi connectivity index (χ3n) is 3.01. The quantitative estimate of drug-likeness (QED) is 0.749. The molecule has 19 heavy (non-hydrogen) atoms. The molecule has 0 saturated carbocycles. The van der Waals surface area contributed by atoms with Crippen LogP contribution in [0.5, 0.6) is 0 Å². The Hall–Kier alpha value is -0.350. The summed E-state index contributed by atoms with van der Waals surface area (Å²) in [5.41, 5.74) is 1.35. The molecule has 2 aromatic rings. The summed E-state index contributed by atoms with van der Waals surface area (Å²) < 4.78 is 1.97. The van der Waals surface area contributed by atoms with E-state index in [9.17, 15) is 0 Å². The number of nitrogens with one attached hydrogen (secondary N) is 1. The van der Waals surface area contributed by atoms with Gasteiger partial charge >= 0.3 is 0 Å². The summed E-state index contributed by atoms with van der Waals surface area (Å²) in [6.45, 7) is 4.40. The van der Waals surface area contributed by atoms with Crippen LogP contribution >= 0.6 is 38.9 Å². The molecule has 1 aromatic heterocycles. The molecule has 0 aliphatic carbocycles. The van der Waals surface area contributed by atoms with Gasteiger partial charge in [0.2, 0.25) is 0 Å². The van der Waals surface area contributed by atoms with E-state index in [-0.39, 0.29) is 0 Å². The van der Waals surface area contributed by atoms with Crippen LogP contribution in [0.2, 0.25) is 4.34 Å². The number of thiophene rings is 1. The fourth-order valence-corrected chi connectivity index (χ4v) is 3.44. The van der Waals surface area contributed by atoms with Gasteiger partial charge in [-0.1, -0.05) is 39.7 Å². The Bertz CT molecular complexity index is 523. The van der Waals surface area contributed by atoms with Crippen molar-refractivity contribution >= 4 is 38.9 Å². The maximum absolute atomic E-state index is 5.97. The normalized spacial score (nSPS) is 14.3.